The molecule has 8 heteroatoms. The van der Waals surface area contributed by atoms with E-state index in [-0.39, 0.29) is 11.2 Å². The number of amides is 1. The van der Waals surface area contributed by atoms with Crippen LogP contribution >= 0.6 is 23.1 Å². The first-order valence-corrected chi connectivity index (χ1v) is 10.7. The monoisotopic (exact) mass is 412 g/mol. The van der Waals surface area contributed by atoms with Gasteiger partial charge in [-0.25, -0.2) is 0 Å². The molecule has 144 valence electrons. The fourth-order valence-electron chi connectivity index (χ4n) is 3.15. The quantitative estimate of drug-likeness (QED) is 0.462. The number of rotatable bonds is 6. The zero-order valence-corrected chi connectivity index (χ0v) is 17.4. The molecule has 0 fully saturated rings. The van der Waals surface area contributed by atoms with Crippen LogP contribution in [0, 0.1) is 6.92 Å². The van der Waals surface area contributed by atoms with E-state index in [0.717, 1.165) is 21.9 Å². The summed E-state index contributed by atoms with van der Waals surface area (Å²) >= 11 is 3.13. The number of benzene rings is 1. The Hall–Kier alpha value is -2.58. The molecule has 3 heterocycles. The minimum Gasteiger partial charge on any atom is -0.495 e. The molecule has 28 heavy (non-hydrogen) atoms. The number of anilines is 1. The molecule has 0 aliphatic rings. The van der Waals surface area contributed by atoms with Gasteiger partial charge in [0.2, 0.25) is 5.91 Å². The molecule has 1 aromatic carbocycles. The Morgan fingerprint density at radius 3 is 2.89 bits per heavy atom. The van der Waals surface area contributed by atoms with Gasteiger partial charge in [-0.15, -0.1) is 21.5 Å². The maximum absolute atomic E-state index is 12.9. The van der Waals surface area contributed by atoms with Crippen molar-refractivity contribution < 1.29 is 9.53 Å². The summed E-state index contributed by atoms with van der Waals surface area (Å²) in [5, 5.41) is 14.2. The lowest BCUT2D eigenvalue weighted by molar-refractivity contribution is -0.115. The highest BCUT2D eigenvalue weighted by Crippen LogP contribution is 2.34. The Morgan fingerprint density at radius 2 is 2.11 bits per heavy atom. The van der Waals surface area contributed by atoms with E-state index in [1.54, 1.807) is 18.4 Å². The summed E-state index contributed by atoms with van der Waals surface area (Å²) in [5.74, 6) is 1.39. The zero-order chi connectivity index (χ0) is 19.7. The Kier molecular flexibility index (Phi) is 5.23. The third kappa shape index (κ3) is 3.33. The van der Waals surface area contributed by atoms with Gasteiger partial charge in [-0.05, 0) is 43.0 Å². The number of aromatic nitrogens is 3. The highest BCUT2D eigenvalue weighted by atomic mass is 32.2. The van der Waals surface area contributed by atoms with Gasteiger partial charge in [-0.2, -0.15) is 0 Å². The number of para-hydroxylation sites is 2. The molecule has 1 amide bonds. The largest absolute Gasteiger partial charge is 0.495 e. The summed E-state index contributed by atoms with van der Waals surface area (Å²) < 4.78 is 8.62. The molecule has 1 atom stereocenters. The normalized spacial score (nSPS) is 12.4. The van der Waals surface area contributed by atoms with E-state index < -0.39 is 0 Å². The lowest BCUT2D eigenvalue weighted by Crippen LogP contribution is -2.25. The molecule has 0 bridgehead atoms. The molecule has 3 aromatic heterocycles. The van der Waals surface area contributed by atoms with E-state index in [0.29, 0.717) is 17.9 Å². The van der Waals surface area contributed by atoms with Crippen LogP contribution in [-0.2, 0) is 4.79 Å². The number of thiophene rings is 1. The molecule has 0 saturated carbocycles. The van der Waals surface area contributed by atoms with Crippen LogP contribution in [-0.4, -0.2) is 32.9 Å². The second-order valence-corrected chi connectivity index (χ2v) is 8.43. The predicted octanol–water partition coefficient (Wildman–Crippen LogP) is 4.77. The van der Waals surface area contributed by atoms with Gasteiger partial charge in [0.1, 0.15) is 16.6 Å². The first-order chi connectivity index (χ1) is 13.6. The van der Waals surface area contributed by atoms with Crippen molar-refractivity contribution in [3.8, 4) is 5.75 Å². The van der Waals surface area contributed by atoms with Crippen molar-refractivity contribution in [3.05, 3.63) is 47.6 Å². The van der Waals surface area contributed by atoms with Crippen molar-refractivity contribution in [2.75, 3.05) is 12.4 Å². The van der Waals surface area contributed by atoms with E-state index in [1.165, 1.54) is 16.5 Å². The van der Waals surface area contributed by atoms with Crippen molar-refractivity contribution >= 4 is 50.4 Å². The maximum atomic E-state index is 12.9. The molecule has 0 spiro atoms. The van der Waals surface area contributed by atoms with E-state index in [9.17, 15) is 4.79 Å². The smallest absolute Gasteiger partial charge is 0.238 e. The van der Waals surface area contributed by atoms with Crippen molar-refractivity contribution in [1.82, 2.24) is 14.6 Å². The summed E-state index contributed by atoms with van der Waals surface area (Å²) in [6.45, 7) is 3.94. The Labute approximate surface area is 170 Å². The second kappa shape index (κ2) is 7.81. The summed E-state index contributed by atoms with van der Waals surface area (Å²) in [6.07, 6.45) is 0.669. The summed E-state index contributed by atoms with van der Waals surface area (Å²) in [6, 6.07) is 11.6. The topological polar surface area (TPSA) is 68.5 Å². The highest BCUT2D eigenvalue weighted by Gasteiger charge is 2.22. The van der Waals surface area contributed by atoms with Gasteiger partial charge in [0.05, 0.1) is 33.8 Å². The van der Waals surface area contributed by atoms with Gasteiger partial charge in [0.15, 0.2) is 0 Å². The third-order valence-electron chi connectivity index (χ3n) is 4.53. The average molecular weight is 413 g/mol. The average Bonchev–Trinajstić information content (AvgIpc) is 3.29. The number of thioether (sulfide) groups is 1. The van der Waals surface area contributed by atoms with Crippen molar-refractivity contribution in [2.45, 2.75) is 30.5 Å². The first-order valence-electron chi connectivity index (χ1n) is 8.94. The van der Waals surface area contributed by atoms with E-state index in [2.05, 4.69) is 37.4 Å². The number of hydrogen-bond acceptors (Lipinski definition) is 6. The Bertz CT molecular complexity index is 1150. The number of carbonyl (C=O) groups is 1. The van der Waals surface area contributed by atoms with Crippen LogP contribution in [0.3, 0.4) is 0 Å². The van der Waals surface area contributed by atoms with Crippen molar-refractivity contribution in [1.29, 1.82) is 0 Å². The SMILES string of the molecule is CC[C@H](Sc1nnc(C)n2c1cc1sccc12)C(=O)Nc1ccccc1OC. The Balaban J connectivity index is 1.63. The molecule has 1 N–H and O–H groups in total. The van der Waals surface area contributed by atoms with Gasteiger partial charge in [-0.1, -0.05) is 30.8 Å². The minimum atomic E-state index is -0.293. The second-order valence-electron chi connectivity index (χ2n) is 6.29. The van der Waals surface area contributed by atoms with Gasteiger partial charge < -0.3 is 10.1 Å². The van der Waals surface area contributed by atoms with Crippen LogP contribution in [0.2, 0.25) is 0 Å². The molecule has 0 aliphatic carbocycles. The lowest BCUT2D eigenvalue weighted by atomic mass is 10.2. The molecule has 4 aromatic rings. The van der Waals surface area contributed by atoms with Gasteiger partial charge in [0.25, 0.3) is 0 Å². The Morgan fingerprint density at radius 1 is 1.29 bits per heavy atom. The number of nitrogens with zero attached hydrogens (tertiary/aromatic N) is 3. The van der Waals surface area contributed by atoms with Crippen LogP contribution in [0.25, 0.3) is 15.7 Å². The summed E-state index contributed by atoms with van der Waals surface area (Å²) in [7, 11) is 1.59. The minimum absolute atomic E-state index is 0.0779. The van der Waals surface area contributed by atoms with Crippen LogP contribution in [0.5, 0.6) is 5.75 Å². The molecule has 4 rings (SSSR count). The first kappa shape index (κ1) is 18.8. The van der Waals surface area contributed by atoms with Crippen molar-refractivity contribution in [3.63, 3.8) is 0 Å². The molecule has 6 nitrogen and oxygen atoms in total. The van der Waals surface area contributed by atoms with E-state index >= 15 is 0 Å². The van der Waals surface area contributed by atoms with Crippen LogP contribution in [0.4, 0.5) is 5.69 Å². The van der Waals surface area contributed by atoms with E-state index in [1.807, 2.05) is 38.1 Å². The maximum Gasteiger partial charge on any atom is 0.238 e. The van der Waals surface area contributed by atoms with Gasteiger partial charge in [0, 0.05) is 0 Å². The van der Waals surface area contributed by atoms with Crippen LogP contribution in [0.1, 0.15) is 19.2 Å². The number of aryl methyl sites for hydroxylation is 1. The summed E-state index contributed by atoms with van der Waals surface area (Å²) in [5.41, 5.74) is 2.78. The van der Waals surface area contributed by atoms with Crippen LogP contribution < -0.4 is 10.1 Å². The zero-order valence-electron chi connectivity index (χ0n) is 15.8. The number of ether oxygens (including phenoxy) is 1. The standard InChI is InChI=1S/C20H20N4O2S2/c1-4-17(19(25)21-13-7-5-6-8-16(13)26-3)28-20-15-11-18-14(9-10-27-18)24(15)12(2)22-23-20/h5-11,17H,4H2,1-3H3,(H,21,25)/t17-/m0/s1. The number of methoxy groups -OCH3 is 1. The molecule has 0 aliphatic heterocycles. The number of nitrogens with one attached hydrogen (secondary N) is 1. The summed E-state index contributed by atoms with van der Waals surface area (Å²) in [4.78, 5) is 12.9. The van der Waals surface area contributed by atoms with Gasteiger partial charge >= 0.3 is 0 Å². The molecule has 0 radical (unpaired) electrons. The lowest BCUT2D eigenvalue weighted by Gasteiger charge is -2.16. The van der Waals surface area contributed by atoms with E-state index in [4.69, 9.17) is 4.74 Å². The van der Waals surface area contributed by atoms with Crippen LogP contribution in [0.15, 0.2) is 46.8 Å². The third-order valence-corrected chi connectivity index (χ3v) is 6.73. The molecule has 0 unspecified atom stereocenters. The number of hydrogen-bond donors (Lipinski definition) is 1. The van der Waals surface area contributed by atoms with Crippen molar-refractivity contribution in [2.24, 2.45) is 0 Å². The fourth-order valence-corrected chi connectivity index (χ4v) is 4.91. The molecular weight excluding hydrogens is 392 g/mol. The molecular formula is C20H20N4O2S2. The molecule has 0 saturated heterocycles. The number of carbonyl (C=O) groups excluding carboxylic acids is 1. The van der Waals surface area contributed by atoms with Gasteiger partial charge in [-0.3, -0.25) is 9.20 Å². The highest BCUT2D eigenvalue weighted by molar-refractivity contribution is 8.00. The predicted molar refractivity (Wildman–Crippen MR) is 115 cm³/mol. The number of fused-ring (bicyclic) bond motifs is 3. The fraction of sp³-hybridized carbons (Fsp3) is 0.250.